The molecule has 0 amide bonds. The number of anilines is 3. The Morgan fingerprint density at radius 3 is 1.63 bits per heavy atom. The number of thiophene rings is 3. The first-order valence-electron chi connectivity index (χ1n) is 23.2. The Kier molecular flexibility index (Phi) is 15.6. The third-order valence-corrected chi connectivity index (χ3v) is 16.8. The van der Waals surface area contributed by atoms with E-state index in [0.717, 1.165) is 80.6 Å². The van der Waals surface area contributed by atoms with Gasteiger partial charge in [-0.25, -0.2) is 9.59 Å². The minimum absolute atomic E-state index is 0.253. The van der Waals surface area contributed by atoms with Crippen LogP contribution in [0, 0.1) is 36.5 Å². The molecule has 0 radical (unpaired) electrons. The van der Waals surface area contributed by atoms with Gasteiger partial charge >= 0.3 is 11.9 Å². The molecule has 0 aliphatic carbocycles. The van der Waals surface area contributed by atoms with Gasteiger partial charge in [0, 0.05) is 56.5 Å². The molecule has 0 bridgehead atoms. The lowest BCUT2D eigenvalue weighted by Gasteiger charge is -2.26. The van der Waals surface area contributed by atoms with Crippen molar-refractivity contribution in [1.29, 1.82) is 10.5 Å². The quantitative estimate of drug-likeness (QED) is 0.0557. The molecule has 1 aliphatic rings. The normalized spacial score (nSPS) is 14.1. The van der Waals surface area contributed by atoms with E-state index in [1.54, 1.807) is 35.2 Å². The van der Waals surface area contributed by atoms with Crippen LogP contribution < -0.4 is 4.90 Å². The van der Waals surface area contributed by atoms with E-state index in [4.69, 9.17) is 0 Å². The van der Waals surface area contributed by atoms with E-state index in [2.05, 4.69) is 183 Å². The van der Waals surface area contributed by atoms with Crippen LogP contribution in [0.3, 0.4) is 0 Å². The van der Waals surface area contributed by atoms with Crippen LogP contribution in [-0.2, 0) is 9.59 Å². The highest BCUT2D eigenvalue weighted by molar-refractivity contribution is 8.09. The predicted octanol–water partition coefficient (Wildman–Crippen LogP) is 16.9. The Morgan fingerprint density at radius 1 is 0.548 bits per heavy atom. The third kappa shape index (κ3) is 12.3. The van der Waals surface area contributed by atoms with Crippen LogP contribution in [-0.4, -0.2) is 27.4 Å². The SMILES string of the molecule is Cc1ccc(/C(=C/c2ccc(N(c3ccc(/C=C/c4ccc(-c5ccc(/C=C(\C#N)C(=O)O)s5)s4)cc3)c3ccc(/C=C/C4CC=C(c5ccc(/C=C(\C#N)C(=O)O)s5)S4)cc3)cc2)c2ccccc2)cc1C. The van der Waals surface area contributed by atoms with Crippen molar-refractivity contribution in [2.24, 2.45) is 0 Å². The number of hydrogen-bond donors (Lipinski definition) is 2. The number of hydrogen-bond acceptors (Lipinski definition) is 9. The standard InChI is InChI=1S/C62H45N3O4S4/c1-40-8-17-46(34-41(40)2)56(45-6-4-3-5-7-45)35-44-13-22-51(23-14-44)65(49-18-9-42(10-19-49)15-24-52-26-30-57(70-52)59-32-28-54(72-59)36-47(38-63)61(66)67)50-20-11-43(12-21-50)16-25-53-27-31-58(71-53)60-33-29-55(73-60)37-48(39-64)62(68)69/h3-26,28-37,53H,27H2,1-2H3,(H,66,67)(H,68,69)/b24-15+,25-16+,47-36+,48-37+,56-35+. The van der Waals surface area contributed by atoms with Crippen molar-refractivity contribution in [2.75, 3.05) is 4.90 Å². The van der Waals surface area contributed by atoms with Crippen molar-refractivity contribution in [3.05, 3.63) is 239 Å². The Labute approximate surface area is 440 Å². The number of thioether (sulfide) groups is 1. The molecular formula is C62H45N3O4S4. The summed E-state index contributed by atoms with van der Waals surface area (Å²) in [7, 11) is 0. The van der Waals surface area contributed by atoms with Crippen LogP contribution in [0.1, 0.15) is 64.9 Å². The maximum Gasteiger partial charge on any atom is 0.346 e. The van der Waals surface area contributed by atoms with Crippen molar-refractivity contribution in [1.82, 2.24) is 0 Å². The highest BCUT2D eigenvalue weighted by atomic mass is 32.2. The fourth-order valence-corrected chi connectivity index (χ4v) is 12.2. The number of aliphatic carboxylic acids is 2. The molecule has 73 heavy (non-hydrogen) atoms. The molecule has 4 heterocycles. The van der Waals surface area contributed by atoms with Gasteiger partial charge in [-0.15, -0.1) is 45.8 Å². The van der Waals surface area contributed by atoms with E-state index < -0.39 is 11.9 Å². The molecule has 0 fully saturated rings. The molecule has 3 aromatic heterocycles. The van der Waals surface area contributed by atoms with E-state index in [0.29, 0.717) is 4.88 Å². The number of carbonyl (C=O) groups is 2. The van der Waals surface area contributed by atoms with Gasteiger partial charge in [0.15, 0.2) is 0 Å². The molecule has 8 aromatic rings. The molecule has 11 heteroatoms. The summed E-state index contributed by atoms with van der Waals surface area (Å²) in [4.78, 5) is 31.8. The molecule has 356 valence electrons. The first kappa shape index (κ1) is 49.7. The highest BCUT2D eigenvalue weighted by Crippen LogP contribution is 2.43. The van der Waals surface area contributed by atoms with Crippen LogP contribution >= 0.6 is 45.8 Å². The zero-order valence-corrected chi connectivity index (χ0v) is 42.9. The number of nitriles is 2. The number of aryl methyl sites for hydroxylation is 2. The lowest BCUT2D eigenvalue weighted by molar-refractivity contribution is -0.133. The number of nitrogens with zero attached hydrogens (tertiary/aromatic N) is 3. The van der Waals surface area contributed by atoms with Gasteiger partial charge in [0.2, 0.25) is 0 Å². The molecule has 0 spiro atoms. The van der Waals surface area contributed by atoms with Gasteiger partial charge in [0.25, 0.3) is 0 Å². The number of carboxylic acids is 2. The molecule has 1 atom stereocenters. The van der Waals surface area contributed by atoms with Gasteiger partial charge in [-0.1, -0.05) is 109 Å². The molecule has 0 saturated heterocycles. The highest BCUT2D eigenvalue weighted by Gasteiger charge is 2.19. The molecule has 5 aromatic carbocycles. The van der Waals surface area contributed by atoms with Crippen molar-refractivity contribution < 1.29 is 19.8 Å². The van der Waals surface area contributed by atoms with Crippen molar-refractivity contribution in [3.63, 3.8) is 0 Å². The van der Waals surface area contributed by atoms with Gasteiger partial charge in [0.1, 0.15) is 23.3 Å². The van der Waals surface area contributed by atoms with Crippen LogP contribution in [0.2, 0.25) is 0 Å². The smallest absolute Gasteiger partial charge is 0.346 e. The number of carboxylic acid groups (broad SMARTS) is 2. The summed E-state index contributed by atoms with van der Waals surface area (Å²) in [5, 5.41) is 37.2. The molecule has 7 nitrogen and oxygen atoms in total. The molecule has 0 saturated carbocycles. The van der Waals surface area contributed by atoms with Crippen LogP contribution in [0.25, 0.3) is 56.7 Å². The topological polar surface area (TPSA) is 125 Å². The monoisotopic (exact) mass is 1020 g/mol. The predicted molar refractivity (Wildman–Crippen MR) is 307 cm³/mol. The lowest BCUT2D eigenvalue weighted by Crippen LogP contribution is -2.09. The van der Waals surface area contributed by atoms with E-state index in [1.165, 1.54) is 51.5 Å². The summed E-state index contributed by atoms with van der Waals surface area (Å²) < 4.78 is 0. The second-order valence-corrected chi connectivity index (χ2v) is 21.7. The second-order valence-electron chi connectivity index (χ2n) is 17.0. The van der Waals surface area contributed by atoms with Crippen LogP contribution in [0.4, 0.5) is 17.1 Å². The average molecular weight is 1020 g/mol. The third-order valence-electron chi connectivity index (χ3n) is 12.1. The fourth-order valence-electron chi connectivity index (χ4n) is 8.09. The summed E-state index contributed by atoms with van der Waals surface area (Å²) in [6.07, 6.45) is 16.8. The van der Waals surface area contributed by atoms with Crippen molar-refractivity contribution in [2.45, 2.75) is 25.5 Å². The van der Waals surface area contributed by atoms with Gasteiger partial charge in [-0.05, 0) is 162 Å². The fraction of sp³-hybridized carbons (Fsp3) is 0.0645. The Balaban J connectivity index is 0.957. The van der Waals surface area contributed by atoms with Gasteiger partial charge < -0.3 is 15.1 Å². The summed E-state index contributed by atoms with van der Waals surface area (Å²) in [6.45, 7) is 4.30. The van der Waals surface area contributed by atoms with E-state index >= 15 is 0 Å². The molecule has 1 unspecified atom stereocenters. The first-order chi connectivity index (χ1) is 35.5. The minimum Gasteiger partial charge on any atom is -0.477 e. The van der Waals surface area contributed by atoms with Crippen LogP contribution in [0.5, 0.6) is 0 Å². The summed E-state index contributed by atoms with van der Waals surface area (Å²) >= 11 is 6.36. The van der Waals surface area contributed by atoms with E-state index in [-0.39, 0.29) is 16.4 Å². The number of rotatable bonds is 16. The Bertz CT molecular complexity index is 3610. The molecule has 1 aliphatic heterocycles. The van der Waals surface area contributed by atoms with Crippen molar-refractivity contribution >= 4 is 122 Å². The van der Waals surface area contributed by atoms with E-state index in [9.17, 15) is 30.3 Å². The zero-order chi connectivity index (χ0) is 50.8. The van der Waals surface area contributed by atoms with Crippen LogP contribution in [0.15, 0.2) is 181 Å². The Morgan fingerprint density at radius 2 is 1.07 bits per heavy atom. The average Bonchev–Trinajstić information content (AvgIpc) is 4.26. The van der Waals surface area contributed by atoms with Gasteiger partial charge in [0.05, 0.1) is 0 Å². The summed E-state index contributed by atoms with van der Waals surface area (Å²) in [5.41, 5.74) is 11.7. The largest absolute Gasteiger partial charge is 0.477 e. The first-order valence-corrected chi connectivity index (χ1v) is 26.5. The molecule has 9 rings (SSSR count). The van der Waals surface area contributed by atoms with Crippen molar-refractivity contribution in [3.8, 4) is 21.9 Å². The second kappa shape index (κ2) is 22.9. The Hall–Kier alpha value is -8.29. The van der Waals surface area contributed by atoms with E-state index in [1.807, 2.05) is 30.3 Å². The maximum atomic E-state index is 11.3. The molecular weight excluding hydrogens is 979 g/mol. The maximum absolute atomic E-state index is 11.3. The molecule has 2 N–H and O–H groups in total. The van der Waals surface area contributed by atoms with Gasteiger partial charge in [-0.2, -0.15) is 10.5 Å². The summed E-state index contributed by atoms with van der Waals surface area (Å²) in [6, 6.07) is 58.3. The number of benzene rings is 5. The van der Waals surface area contributed by atoms with Gasteiger partial charge in [-0.3, -0.25) is 0 Å². The summed E-state index contributed by atoms with van der Waals surface area (Å²) in [5.74, 6) is -2.47. The zero-order valence-electron chi connectivity index (χ0n) is 39.6. The number of allylic oxidation sites excluding steroid dienone is 1. The minimum atomic E-state index is -1.24. The lowest BCUT2D eigenvalue weighted by atomic mass is 9.93.